The zero-order chi connectivity index (χ0) is 22.3. The highest BCUT2D eigenvalue weighted by molar-refractivity contribution is 6.03. The van der Waals surface area contributed by atoms with Gasteiger partial charge in [0.05, 0.1) is 20.3 Å². The summed E-state index contributed by atoms with van der Waals surface area (Å²) in [5.41, 5.74) is 3.80. The average Bonchev–Trinajstić information content (AvgIpc) is 2.73. The fourth-order valence-electron chi connectivity index (χ4n) is 3.06. The van der Waals surface area contributed by atoms with Gasteiger partial charge in [-0.15, -0.1) is 0 Å². The third-order valence-corrected chi connectivity index (χ3v) is 5.11. The average molecular weight is 414 g/mol. The first-order chi connectivity index (χ1) is 14.2. The number of nitrogens with one attached hydrogen (secondary N) is 2. The molecule has 0 bridgehead atoms. The molecule has 0 aromatic heterocycles. The molecule has 0 unspecified atom stereocenters. The second-order valence-corrected chi connectivity index (χ2v) is 7.36. The van der Waals surface area contributed by atoms with Gasteiger partial charge < -0.3 is 14.8 Å². The molecule has 0 heterocycles. The van der Waals surface area contributed by atoms with Crippen LogP contribution in [0.25, 0.3) is 0 Å². The summed E-state index contributed by atoms with van der Waals surface area (Å²) in [7, 11) is 5.05. The zero-order valence-corrected chi connectivity index (χ0v) is 18.5. The van der Waals surface area contributed by atoms with E-state index in [9.17, 15) is 9.59 Å². The number of likely N-dealkylation sites (N-methyl/N-ethyl adjacent to an activating group) is 1. The maximum Gasteiger partial charge on any atom is 0.325 e. The summed E-state index contributed by atoms with van der Waals surface area (Å²) in [5.74, 6) is 0.996. The predicted octanol–water partition coefficient (Wildman–Crippen LogP) is 3.53. The highest BCUT2D eigenvalue weighted by Crippen LogP contribution is 2.27. The van der Waals surface area contributed by atoms with Crippen molar-refractivity contribution in [3.8, 4) is 11.5 Å². The quantitative estimate of drug-likeness (QED) is 0.692. The fraction of sp³-hybridized carbons (Fsp3) is 0.391. The molecule has 7 heteroatoms. The van der Waals surface area contributed by atoms with Gasteiger partial charge in [-0.25, -0.2) is 4.79 Å². The number of hydrogen-bond donors (Lipinski definition) is 2. The van der Waals surface area contributed by atoms with Crippen LogP contribution >= 0.6 is 0 Å². The number of benzene rings is 2. The minimum absolute atomic E-state index is 0.355. The fourth-order valence-corrected chi connectivity index (χ4v) is 3.06. The van der Waals surface area contributed by atoms with Crippen LogP contribution in [0.15, 0.2) is 36.4 Å². The molecule has 0 aliphatic rings. The Hall–Kier alpha value is -3.06. The molecule has 2 aromatic carbocycles. The van der Waals surface area contributed by atoms with E-state index < -0.39 is 12.1 Å². The van der Waals surface area contributed by atoms with Crippen LogP contribution < -0.4 is 20.1 Å². The first-order valence-corrected chi connectivity index (χ1v) is 9.85. The van der Waals surface area contributed by atoms with E-state index >= 15 is 0 Å². The van der Waals surface area contributed by atoms with Gasteiger partial charge in [0.2, 0.25) is 5.91 Å². The van der Waals surface area contributed by atoms with Gasteiger partial charge in [0.25, 0.3) is 0 Å². The third-order valence-electron chi connectivity index (χ3n) is 5.11. The largest absolute Gasteiger partial charge is 0.493 e. The van der Waals surface area contributed by atoms with Crippen LogP contribution in [0, 0.1) is 13.8 Å². The Morgan fingerprint density at radius 2 is 1.73 bits per heavy atom. The molecule has 2 rings (SSSR count). The van der Waals surface area contributed by atoms with Gasteiger partial charge in [0.15, 0.2) is 11.5 Å². The molecule has 7 nitrogen and oxygen atoms in total. The molecule has 0 saturated carbocycles. The van der Waals surface area contributed by atoms with E-state index in [4.69, 9.17) is 9.47 Å². The number of urea groups is 1. The lowest BCUT2D eigenvalue weighted by atomic mass is 10.1. The Bertz CT molecular complexity index is 898. The molecule has 0 aliphatic carbocycles. The molecule has 2 aromatic rings. The SMILES string of the molecule is COc1ccc(CCN(C)[C@@H](C)C(=O)NC(=O)Nc2ccc(C)cc2C)cc1OC. The number of imide groups is 1. The monoisotopic (exact) mass is 413 g/mol. The van der Waals surface area contributed by atoms with Gasteiger partial charge in [0, 0.05) is 12.2 Å². The Morgan fingerprint density at radius 3 is 2.37 bits per heavy atom. The normalized spacial score (nSPS) is 11.7. The summed E-state index contributed by atoms with van der Waals surface area (Å²) in [6.45, 7) is 6.31. The van der Waals surface area contributed by atoms with Crippen LogP contribution in [-0.4, -0.2) is 50.7 Å². The van der Waals surface area contributed by atoms with Crippen molar-refractivity contribution >= 4 is 17.6 Å². The zero-order valence-electron chi connectivity index (χ0n) is 18.5. The first-order valence-electron chi connectivity index (χ1n) is 9.85. The van der Waals surface area contributed by atoms with E-state index in [0.29, 0.717) is 23.7 Å². The number of carbonyl (C=O) groups excluding carboxylic acids is 2. The molecule has 0 fully saturated rings. The van der Waals surface area contributed by atoms with Gasteiger partial charge in [-0.2, -0.15) is 0 Å². The number of hydrogen-bond acceptors (Lipinski definition) is 5. The highest BCUT2D eigenvalue weighted by Gasteiger charge is 2.20. The Labute approximate surface area is 178 Å². The number of rotatable bonds is 8. The van der Waals surface area contributed by atoms with Gasteiger partial charge in [0.1, 0.15) is 0 Å². The number of nitrogens with zero attached hydrogens (tertiary/aromatic N) is 1. The molecule has 1 atom stereocenters. The second kappa shape index (κ2) is 10.6. The first kappa shape index (κ1) is 23.2. The van der Waals surface area contributed by atoms with E-state index in [-0.39, 0.29) is 5.91 Å². The van der Waals surface area contributed by atoms with Crippen molar-refractivity contribution in [2.45, 2.75) is 33.2 Å². The number of amides is 3. The van der Waals surface area contributed by atoms with Gasteiger partial charge in [-0.05, 0) is 63.6 Å². The van der Waals surface area contributed by atoms with Crippen molar-refractivity contribution in [3.63, 3.8) is 0 Å². The number of anilines is 1. The van der Waals surface area contributed by atoms with Crippen LogP contribution in [0.1, 0.15) is 23.6 Å². The number of carbonyl (C=O) groups is 2. The minimum atomic E-state index is -0.535. The summed E-state index contributed by atoms with van der Waals surface area (Å²) in [5, 5.41) is 5.14. The Morgan fingerprint density at radius 1 is 1.03 bits per heavy atom. The van der Waals surface area contributed by atoms with Crippen molar-refractivity contribution in [1.82, 2.24) is 10.2 Å². The molecule has 2 N–H and O–H groups in total. The van der Waals surface area contributed by atoms with E-state index in [1.165, 1.54) is 0 Å². The third kappa shape index (κ3) is 6.22. The second-order valence-electron chi connectivity index (χ2n) is 7.36. The lowest BCUT2D eigenvalue weighted by Crippen LogP contribution is -2.47. The maximum atomic E-state index is 12.5. The Kier molecular flexibility index (Phi) is 8.24. The van der Waals surface area contributed by atoms with Gasteiger partial charge in [-0.3, -0.25) is 15.0 Å². The van der Waals surface area contributed by atoms with Crippen LogP contribution in [0.4, 0.5) is 10.5 Å². The maximum absolute atomic E-state index is 12.5. The lowest BCUT2D eigenvalue weighted by Gasteiger charge is -2.23. The van der Waals surface area contributed by atoms with Crippen LogP contribution in [0.2, 0.25) is 0 Å². The molecule has 0 spiro atoms. The van der Waals surface area contributed by atoms with Crippen molar-refractivity contribution in [2.75, 3.05) is 33.1 Å². The molecular formula is C23H31N3O4. The van der Waals surface area contributed by atoms with E-state index in [1.54, 1.807) is 21.1 Å². The van der Waals surface area contributed by atoms with Crippen molar-refractivity contribution in [2.24, 2.45) is 0 Å². The number of aryl methyl sites for hydroxylation is 2. The van der Waals surface area contributed by atoms with E-state index in [1.807, 2.05) is 62.2 Å². The van der Waals surface area contributed by atoms with Gasteiger partial charge >= 0.3 is 6.03 Å². The highest BCUT2D eigenvalue weighted by atomic mass is 16.5. The van der Waals surface area contributed by atoms with Crippen LogP contribution in [0.3, 0.4) is 0 Å². The van der Waals surface area contributed by atoms with Crippen molar-refractivity contribution in [1.29, 1.82) is 0 Å². The van der Waals surface area contributed by atoms with Crippen molar-refractivity contribution in [3.05, 3.63) is 53.1 Å². The smallest absolute Gasteiger partial charge is 0.325 e. The molecule has 0 saturated heterocycles. The minimum Gasteiger partial charge on any atom is -0.493 e. The topological polar surface area (TPSA) is 79.9 Å². The molecule has 162 valence electrons. The van der Waals surface area contributed by atoms with Gasteiger partial charge in [-0.1, -0.05) is 23.8 Å². The summed E-state index contributed by atoms with van der Waals surface area (Å²) in [6.07, 6.45) is 0.725. The molecule has 3 amide bonds. The molecule has 0 radical (unpaired) electrons. The Balaban J connectivity index is 1.88. The molecule has 0 aliphatic heterocycles. The summed E-state index contributed by atoms with van der Waals surface area (Å²) >= 11 is 0. The lowest BCUT2D eigenvalue weighted by molar-refractivity contribution is -0.124. The molecule has 30 heavy (non-hydrogen) atoms. The summed E-state index contributed by atoms with van der Waals surface area (Å²) in [6, 6.07) is 10.5. The van der Waals surface area contributed by atoms with Crippen molar-refractivity contribution < 1.29 is 19.1 Å². The summed E-state index contributed by atoms with van der Waals surface area (Å²) in [4.78, 5) is 26.6. The van der Waals surface area contributed by atoms with Crippen LogP contribution in [-0.2, 0) is 11.2 Å². The predicted molar refractivity (Wildman–Crippen MR) is 118 cm³/mol. The van der Waals surface area contributed by atoms with Crippen LogP contribution in [0.5, 0.6) is 11.5 Å². The molecular weight excluding hydrogens is 382 g/mol. The van der Waals surface area contributed by atoms with E-state index in [2.05, 4.69) is 10.6 Å². The standard InChI is InChI=1S/C23H31N3O4/c1-15-7-9-19(16(2)13-15)24-23(28)25-22(27)17(3)26(4)12-11-18-8-10-20(29-5)21(14-18)30-6/h7-10,13-14,17H,11-12H2,1-6H3,(H2,24,25,27,28)/t17-/m0/s1. The van der Waals surface area contributed by atoms with E-state index in [0.717, 1.165) is 23.1 Å². The number of methoxy groups -OCH3 is 2. The number of ether oxygens (including phenoxy) is 2. The summed E-state index contributed by atoms with van der Waals surface area (Å²) < 4.78 is 10.6.